The van der Waals surface area contributed by atoms with Crippen LogP contribution in [0.4, 0.5) is 9.93 Å². The largest absolute Gasteiger partial charge is 0.476 e. The topological polar surface area (TPSA) is 110 Å². The minimum atomic E-state index is -1.23. The van der Waals surface area contributed by atoms with Crippen LogP contribution >= 0.6 is 11.3 Å². The van der Waals surface area contributed by atoms with Crippen molar-refractivity contribution in [1.29, 1.82) is 0 Å². The zero-order valence-corrected chi connectivity index (χ0v) is 14.7. The molecule has 1 aliphatic carbocycles. The zero-order valence-electron chi connectivity index (χ0n) is 13.9. The van der Waals surface area contributed by atoms with E-state index in [-0.39, 0.29) is 22.6 Å². The van der Waals surface area contributed by atoms with E-state index in [9.17, 15) is 14.7 Å². The first-order chi connectivity index (χ1) is 11.2. The first kappa shape index (κ1) is 18.2. The number of rotatable bonds is 5. The Morgan fingerprint density at radius 3 is 2.62 bits per heavy atom. The predicted molar refractivity (Wildman–Crippen MR) is 89.5 cm³/mol. The van der Waals surface area contributed by atoms with Crippen LogP contribution in [0.2, 0.25) is 0 Å². The van der Waals surface area contributed by atoms with E-state index in [2.05, 4.69) is 15.5 Å². The van der Waals surface area contributed by atoms with Gasteiger partial charge in [0.25, 0.3) is 0 Å². The number of nitrogens with zero attached hydrogens (tertiary/aromatic N) is 2. The molecule has 24 heavy (non-hydrogen) atoms. The van der Waals surface area contributed by atoms with Gasteiger partial charge in [0.15, 0.2) is 5.13 Å². The summed E-state index contributed by atoms with van der Waals surface area (Å²) in [6.45, 7) is 5.24. The maximum absolute atomic E-state index is 11.7. The summed E-state index contributed by atoms with van der Waals surface area (Å²) in [7, 11) is 0. The van der Waals surface area contributed by atoms with Crippen LogP contribution in [0.15, 0.2) is 10.5 Å². The summed E-state index contributed by atoms with van der Waals surface area (Å²) >= 11 is 1.08. The summed E-state index contributed by atoms with van der Waals surface area (Å²) in [5.41, 5.74) is -0.778. The van der Waals surface area contributed by atoms with E-state index in [0.717, 1.165) is 37.0 Å². The van der Waals surface area contributed by atoms with Crippen molar-refractivity contribution >= 4 is 34.2 Å². The number of thiazole rings is 1. The number of carboxylic acids is 1. The number of hydrogen-bond acceptors (Lipinski definition) is 7. The smallest absolute Gasteiger partial charge is 0.413 e. The highest BCUT2D eigenvalue weighted by Crippen LogP contribution is 2.22. The maximum atomic E-state index is 11.7. The molecule has 1 aliphatic rings. The Hall–Kier alpha value is -2.16. The molecule has 0 aliphatic heterocycles. The van der Waals surface area contributed by atoms with E-state index in [1.807, 2.05) is 0 Å². The molecule has 0 atom stereocenters. The molecule has 0 saturated heterocycles. The molecule has 2 rings (SSSR count). The Morgan fingerprint density at radius 2 is 2.04 bits per heavy atom. The summed E-state index contributed by atoms with van der Waals surface area (Å²) in [6.07, 6.45) is 3.17. The number of oxime groups is 1. The molecule has 1 aromatic heterocycles. The Kier molecular flexibility index (Phi) is 5.76. The molecule has 8 nitrogen and oxygen atoms in total. The molecular weight excluding hydrogens is 334 g/mol. The first-order valence-corrected chi connectivity index (χ1v) is 8.55. The molecule has 1 aromatic rings. The van der Waals surface area contributed by atoms with Crippen molar-refractivity contribution in [2.45, 2.75) is 58.2 Å². The van der Waals surface area contributed by atoms with Crippen LogP contribution in [0.3, 0.4) is 0 Å². The highest BCUT2D eigenvalue weighted by molar-refractivity contribution is 7.14. The number of hydrogen-bond donors (Lipinski definition) is 2. The van der Waals surface area contributed by atoms with E-state index in [4.69, 9.17) is 9.57 Å². The van der Waals surface area contributed by atoms with E-state index >= 15 is 0 Å². The quantitative estimate of drug-likeness (QED) is 0.620. The molecule has 0 radical (unpaired) electrons. The monoisotopic (exact) mass is 355 g/mol. The molecule has 1 heterocycles. The average Bonchev–Trinajstić information content (AvgIpc) is 3.08. The molecule has 132 valence electrons. The second-order valence-electron chi connectivity index (χ2n) is 6.42. The van der Waals surface area contributed by atoms with Gasteiger partial charge in [0.2, 0.25) is 5.71 Å². The minimum absolute atomic E-state index is 0.0441. The van der Waals surface area contributed by atoms with Gasteiger partial charge in [-0.2, -0.15) is 0 Å². The summed E-state index contributed by atoms with van der Waals surface area (Å²) in [6, 6.07) is 0. The summed E-state index contributed by atoms with van der Waals surface area (Å²) in [5.74, 6) is -1.23. The van der Waals surface area contributed by atoms with Crippen LogP contribution in [0.1, 0.15) is 52.1 Å². The molecular formula is C15H21N3O5S. The lowest BCUT2D eigenvalue weighted by Gasteiger charge is -2.18. The lowest BCUT2D eigenvalue weighted by molar-refractivity contribution is -0.129. The molecule has 2 N–H and O–H groups in total. The van der Waals surface area contributed by atoms with Gasteiger partial charge in [0.1, 0.15) is 17.4 Å². The zero-order chi connectivity index (χ0) is 17.7. The van der Waals surface area contributed by atoms with Crippen molar-refractivity contribution in [3.8, 4) is 0 Å². The van der Waals surface area contributed by atoms with Crippen LogP contribution in [0.5, 0.6) is 0 Å². The van der Waals surface area contributed by atoms with Crippen molar-refractivity contribution in [3.63, 3.8) is 0 Å². The fourth-order valence-corrected chi connectivity index (χ4v) is 2.83. The Bertz CT molecular complexity index is 629. The van der Waals surface area contributed by atoms with Crippen LogP contribution in [-0.4, -0.2) is 39.6 Å². The van der Waals surface area contributed by atoms with Gasteiger partial charge in [-0.05, 0) is 46.5 Å². The fourth-order valence-electron chi connectivity index (χ4n) is 2.15. The number of anilines is 1. The van der Waals surface area contributed by atoms with Crippen LogP contribution < -0.4 is 5.32 Å². The van der Waals surface area contributed by atoms with Gasteiger partial charge < -0.3 is 14.7 Å². The van der Waals surface area contributed by atoms with Crippen molar-refractivity contribution < 1.29 is 24.3 Å². The third-order valence-corrected chi connectivity index (χ3v) is 3.91. The molecule has 1 fully saturated rings. The number of aromatic nitrogens is 1. The lowest BCUT2D eigenvalue weighted by Crippen LogP contribution is -2.27. The van der Waals surface area contributed by atoms with E-state index in [0.29, 0.717) is 0 Å². The normalized spacial score (nSPS) is 16.0. The molecule has 1 amide bonds. The molecule has 0 aromatic carbocycles. The second-order valence-corrected chi connectivity index (χ2v) is 7.28. The Balaban J connectivity index is 2.04. The van der Waals surface area contributed by atoms with Crippen molar-refractivity contribution in [2.24, 2.45) is 5.16 Å². The molecule has 1 saturated carbocycles. The third-order valence-electron chi connectivity index (χ3n) is 3.15. The maximum Gasteiger partial charge on any atom is 0.413 e. The van der Waals surface area contributed by atoms with Gasteiger partial charge in [-0.1, -0.05) is 5.16 Å². The molecule has 9 heteroatoms. The lowest BCUT2D eigenvalue weighted by atomic mass is 10.2. The van der Waals surface area contributed by atoms with E-state index in [1.165, 1.54) is 5.38 Å². The standard InChI is InChI=1S/C15H21N3O5S/c1-15(2,3)22-14(21)17-13-16-10(8-24-13)11(12(19)20)18-23-9-6-4-5-7-9/h8-9H,4-7H2,1-3H3,(H,19,20)(H,16,17,21)/b18-11+. The summed E-state index contributed by atoms with van der Waals surface area (Å²) < 4.78 is 5.12. The van der Waals surface area contributed by atoms with Gasteiger partial charge in [-0.15, -0.1) is 11.3 Å². The van der Waals surface area contributed by atoms with Gasteiger partial charge >= 0.3 is 12.1 Å². The number of carboxylic acid groups (broad SMARTS) is 1. The molecule has 0 spiro atoms. The third kappa shape index (κ3) is 5.48. The van der Waals surface area contributed by atoms with E-state index in [1.54, 1.807) is 20.8 Å². The van der Waals surface area contributed by atoms with Gasteiger partial charge in [0, 0.05) is 5.38 Å². The van der Waals surface area contributed by atoms with Crippen LogP contribution in [0, 0.1) is 0 Å². The number of nitrogens with one attached hydrogen (secondary N) is 1. The average molecular weight is 355 g/mol. The number of carbonyl (C=O) groups is 2. The van der Waals surface area contributed by atoms with Gasteiger partial charge in [0.05, 0.1) is 0 Å². The Morgan fingerprint density at radius 1 is 1.38 bits per heavy atom. The van der Waals surface area contributed by atoms with E-state index < -0.39 is 17.7 Å². The minimum Gasteiger partial charge on any atom is -0.476 e. The number of amides is 1. The first-order valence-electron chi connectivity index (χ1n) is 7.67. The second kappa shape index (κ2) is 7.61. The number of aliphatic carboxylic acids is 1. The summed E-state index contributed by atoms with van der Waals surface area (Å²) in [4.78, 5) is 32.4. The van der Waals surface area contributed by atoms with Crippen molar-refractivity contribution in [2.75, 3.05) is 5.32 Å². The number of ether oxygens (including phenoxy) is 1. The summed E-state index contributed by atoms with van der Waals surface area (Å²) in [5, 5.41) is 17.2. The van der Waals surface area contributed by atoms with Crippen molar-refractivity contribution in [1.82, 2.24) is 4.98 Å². The number of carbonyl (C=O) groups excluding carboxylic acids is 1. The highest BCUT2D eigenvalue weighted by Gasteiger charge is 2.22. The predicted octanol–water partition coefficient (Wildman–Crippen LogP) is 3.24. The van der Waals surface area contributed by atoms with Crippen LogP contribution in [0.25, 0.3) is 0 Å². The molecule has 0 unspecified atom stereocenters. The highest BCUT2D eigenvalue weighted by atomic mass is 32.1. The Labute approximate surface area is 143 Å². The van der Waals surface area contributed by atoms with Gasteiger partial charge in [-0.3, -0.25) is 5.32 Å². The SMILES string of the molecule is CC(C)(C)OC(=O)Nc1nc(/C(=N\OC2CCCC2)C(=O)O)cs1. The van der Waals surface area contributed by atoms with Crippen molar-refractivity contribution in [3.05, 3.63) is 11.1 Å². The molecule has 0 bridgehead atoms. The van der Waals surface area contributed by atoms with Gasteiger partial charge in [-0.25, -0.2) is 14.6 Å². The van der Waals surface area contributed by atoms with Crippen LogP contribution in [-0.2, 0) is 14.4 Å². The fraction of sp³-hybridized carbons (Fsp3) is 0.600.